The number of ether oxygens (including phenoxy) is 2. The molecule has 4 heteroatoms. The molecular weight excluding hydrogens is 280 g/mol. The maximum absolute atomic E-state index is 12.4. The third-order valence-corrected chi connectivity index (χ3v) is 4.86. The normalized spacial score (nSPS) is 34.5. The summed E-state index contributed by atoms with van der Waals surface area (Å²) in [4.78, 5) is 24.6. The predicted octanol–water partition coefficient (Wildman–Crippen LogP) is 2.78. The number of esters is 1. The van der Waals surface area contributed by atoms with Gasteiger partial charge in [0.25, 0.3) is 0 Å². The first kappa shape index (κ1) is 15.0. The molecular formula is C18H20O4. The second-order valence-electron chi connectivity index (χ2n) is 6.12. The molecule has 4 nitrogen and oxygen atoms in total. The summed E-state index contributed by atoms with van der Waals surface area (Å²) >= 11 is 0. The van der Waals surface area contributed by atoms with Crippen LogP contribution in [0.1, 0.15) is 31.1 Å². The van der Waals surface area contributed by atoms with E-state index in [4.69, 9.17) is 9.47 Å². The summed E-state index contributed by atoms with van der Waals surface area (Å²) in [5, 5.41) is 0. The van der Waals surface area contributed by atoms with E-state index < -0.39 is 17.7 Å². The van der Waals surface area contributed by atoms with E-state index in [0.29, 0.717) is 5.56 Å². The van der Waals surface area contributed by atoms with Gasteiger partial charge >= 0.3 is 5.97 Å². The van der Waals surface area contributed by atoms with Crippen molar-refractivity contribution in [2.24, 2.45) is 11.8 Å². The Balaban J connectivity index is 1.80. The summed E-state index contributed by atoms with van der Waals surface area (Å²) in [5.41, 5.74) is -0.356. The second-order valence-corrected chi connectivity index (χ2v) is 6.12. The number of benzene rings is 1. The summed E-state index contributed by atoms with van der Waals surface area (Å²) in [6, 6.07) is 8.83. The van der Waals surface area contributed by atoms with Gasteiger partial charge in [0.15, 0.2) is 0 Å². The van der Waals surface area contributed by atoms with Gasteiger partial charge in [-0.15, -0.1) is 0 Å². The maximum Gasteiger partial charge on any atom is 0.338 e. The Bertz CT molecular complexity index is 621. The Morgan fingerprint density at radius 2 is 1.95 bits per heavy atom. The minimum absolute atomic E-state index is 0.154. The number of carbonyl (C=O) groups excluding carboxylic acids is 2. The lowest BCUT2D eigenvalue weighted by Gasteiger charge is -2.43. The van der Waals surface area contributed by atoms with E-state index in [9.17, 15) is 9.59 Å². The molecule has 0 aliphatic carbocycles. The van der Waals surface area contributed by atoms with Gasteiger partial charge in [0.1, 0.15) is 17.5 Å². The number of fused-ring (bicyclic) bond motifs is 2. The van der Waals surface area contributed by atoms with Crippen molar-refractivity contribution in [3.05, 3.63) is 48.0 Å². The molecule has 116 valence electrons. The Labute approximate surface area is 130 Å². The monoisotopic (exact) mass is 300 g/mol. The molecule has 2 bridgehead atoms. The first-order valence-corrected chi connectivity index (χ1v) is 7.62. The third-order valence-electron chi connectivity index (χ3n) is 4.86. The van der Waals surface area contributed by atoms with Crippen molar-refractivity contribution in [3.63, 3.8) is 0 Å². The standard InChI is InChI=1S/C18H20O4/c1-11-15-9-10-18(22-15,12(2)16(11)19)13(3)21-17(20)14-7-5-4-6-8-14/h4-13,15H,1-3H3/t11-,12-,13-,15-,18-/m0/s1. The molecule has 0 spiro atoms. The van der Waals surface area contributed by atoms with Crippen LogP contribution in [0.15, 0.2) is 42.5 Å². The van der Waals surface area contributed by atoms with Crippen molar-refractivity contribution in [2.75, 3.05) is 0 Å². The fraction of sp³-hybridized carbons (Fsp3) is 0.444. The van der Waals surface area contributed by atoms with Crippen molar-refractivity contribution in [2.45, 2.75) is 38.6 Å². The second kappa shape index (κ2) is 5.36. The van der Waals surface area contributed by atoms with Gasteiger partial charge in [-0.2, -0.15) is 0 Å². The van der Waals surface area contributed by atoms with Crippen LogP contribution in [0.2, 0.25) is 0 Å². The molecule has 22 heavy (non-hydrogen) atoms. The number of Topliss-reactive ketones (excluding diaryl/α,β-unsaturated/α-hetero) is 1. The molecule has 1 saturated heterocycles. The molecule has 0 radical (unpaired) electrons. The van der Waals surface area contributed by atoms with Gasteiger partial charge in [0, 0.05) is 5.92 Å². The van der Waals surface area contributed by atoms with Gasteiger partial charge in [-0.25, -0.2) is 4.79 Å². The number of hydrogen-bond donors (Lipinski definition) is 0. The Morgan fingerprint density at radius 1 is 1.27 bits per heavy atom. The fourth-order valence-electron chi connectivity index (χ4n) is 3.33. The smallest absolute Gasteiger partial charge is 0.338 e. The van der Waals surface area contributed by atoms with E-state index >= 15 is 0 Å². The molecule has 2 aliphatic heterocycles. The highest BCUT2D eigenvalue weighted by atomic mass is 16.6. The molecule has 1 fully saturated rings. The van der Waals surface area contributed by atoms with Crippen LogP contribution in [-0.4, -0.2) is 29.6 Å². The van der Waals surface area contributed by atoms with E-state index in [2.05, 4.69) is 0 Å². The van der Waals surface area contributed by atoms with Crippen LogP contribution < -0.4 is 0 Å². The highest BCUT2D eigenvalue weighted by Crippen LogP contribution is 2.44. The molecule has 3 rings (SSSR count). The van der Waals surface area contributed by atoms with E-state index in [1.165, 1.54) is 0 Å². The van der Waals surface area contributed by atoms with Crippen molar-refractivity contribution in [1.29, 1.82) is 0 Å². The summed E-state index contributed by atoms with van der Waals surface area (Å²) in [7, 11) is 0. The molecule has 0 saturated carbocycles. The van der Waals surface area contributed by atoms with Gasteiger partial charge in [0.2, 0.25) is 0 Å². The van der Waals surface area contributed by atoms with Crippen molar-refractivity contribution in [3.8, 4) is 0 Å². The first-order valence-electron chi connectivity index (χ1n) is 7.62. The van der Waals surface area contributed by atoms with Gasteiger partial charge < -0.3 is 9.47 Å². The topological polar surface area (TPSA) is 52.6 Å². The number of hydrogen-bond acceptors (Lipinski definition) is 4. The highest BCUT2D eigenvalue weighted by molar-refractivity contribution is 5.90. The van der Waals surface area contributed by atoms with E-state index in [1.807, 2.05) is 32.1 Å². The summed E-state index contributed by atoms with van der Waals surface area (Å²) in [6.07, 6.45) is 3.06. The Morgan fingerprint density at radius 3 is 2.64 bits per heavy atom. The lowest BCUT2D eigenvalue weighted by atomic mass is 9.77. The van der Waals surface area contributed by atoms with Crippen LogP contribution in [0.4, 0.5) is 0 Å². The lowest BCUT2D eigenvalue weighted by Crippen LogP contribution is -2.56. The van der Waals surface area contributed by atoms with Crippen LogP contribution in [0.3, 0.4) is 0 Å². The minimum atomic E-state index is -0.849. The number of carbonyl (C=O) groups is 2. The van der Waals surface area contributed by atoms with Crippen molar-refractivity contribution in [1.82, 2.24) is 0 Å². The average Bonchev–Trinajstić information content (AvgIpc) is 2.96. The third kappa shape index (κ3) is 2.18. The molecule has 1 aromatic rings. The highest BCUT2D eigenvalue weighted by Gasteiger charge is 2.56. The van der Waals surface area contributed by atoms with E-state index in [-0.39, 0.29) is 23.7 Å². The average molecular weight is 300 g/mol. The minimum Gasteiger partial charge on any atom is -0.456 e. The molecule has 1 aromatic carbocycles. The van der Waals surface area contributed by atoms with Gasteiger partial charge in [-0.05, 0) is 25.1 Å². The largest absolute Gasteiger partial charge is 0.456 e. The van der Waals surface area contributed by atoms with Crippen molar-refractivity contribution < 1.29 is 19.1 Å². The van der Waals surface area contributed by atoms with Gasteiger partial charge in [-0.1, -0.05) is 38.1 Å². The molecule has 2 aliphatic rings. The van der Waals surface area contributed by atoms with Crippen molar-refractivity contribution >= 4 is 11.8 Å². The molecule has 2 heterocycles. The number of rotatable bonds is 3. The predicted molar refractivity (Wildman–Crippen MR) is 81.4 cm³/mol. The first-order chi connectivity index (χ1) is 10.5. The van der Waals surface area contributed by atoms with Gasteiger partial charge in [-0.3, -0.25) is 4.79 Å². The van der Waals surface area contributed by atoms with E-state index in [0.717, 1.165) is 0 Å². The number of ketones is 1. The fourth-order valence-corrected chi connectivity index (χ4v) is 3.33. The van der Waals surface area contributed by atoms with Crippen LogP contribution in [0, 0.1) is 11.8 Å². The molecule has 0 unspecified atom stereocenters. The quantitative estimate of drug-likeness (QED) is 0.636. The summed E-state index contributed by atoms with van der Waals surface area (Å²) in [5.74, 6) is -0.736. The summed E-state index contributed by atoms with van der Waals surface area (Å²) < 4.78 is 11.7. The van der Waals surface area contributed by atoms with Gasteiger partial charge in [0.05, 0.1) is 17.6 Å². The Kier molecular flexibility index (Phi) is 3.65. The lowest BCUT2D eigenvalue weighted by molar-refractivity contribution is -0.178. The van der Waals surface area contributed by atoms with Crippen LogP contribution >= 0.6 is 0 Å². The molecule has 5 atom stereocenters. The zero-order valence-corrected chi connectivity index (χ0v) is 13.0. The van der Waals surface area contributed by atoms with Crippen LogP contribution in [0.25, 0.3) is 0 Å². The molecule has 0 aromatic heterocycles. The van der Waals surface area contributed by atoms with Crippen LogP contribution in [-0.2, 0) is 14.3 Å². The molecule has 0 amide bonds. The van der Waals surface area contributed by atoms with E-state index in [1.54, 1.807) is 31.2 Å². The maximum atomic E-state index is 12.4. The SMILES string of the molecule is C[C@@H]1C(=O)[C@H](C)[C@]2([C@H](C)OC(=O)c3ccccc3)C=C[C@@H]1O2. The molecule has 0 N–H and O–H groups in total. The zero-order valence-electron chi connectivity index (χ0n) is 13.0. The summed E-state index contributed by atoms with van der Waals surface area (Å²) in [6.45, 7) is 5.51. The van der Waals surface area contributed by atoms with Crippen LogP contribution in [0.5, 0.6) is 0 Å². The zero-order chi connectivity index (χ0) is 15.9. The Hall–Kier alpha value is -1.94.